The van der Waals surface area contributed by atoms with Crippen LogP contribution in [-0.4, -0.2) is 25.5 Å². The van der Waals surface area contributed by atoms with Crippen molar-refractivity contribution in [2.45, 2.75) is 6.42 Å². The maximum Gasteiger partial charge on any atom is 0.250 e. The summed E-state index contributed by atoms with van der Waals surface area (Å²) >= 11 is 3.39. The fourth-order valence-corrected chi connectivity index (χ4v) is 2.38. The quantitative estimate of drug-likeness (QED) is 0.790. The zero-order chi connectivity index (χ0) is 12.3. The lowest BCUT2D eigenvalue weighted by molar-refractivity contribution is 0.100. The van der Waals surface area contributed by atoms with E-state index in [1.165, 1.54) is 6.42 Å². The summed E-state index contributed by atoms with van der Waals surface area (Å²) in [5.41, 5.74) is 6.69. The molecule has 0 radical (unpaired) electrons. The summed E-state index contributed by atoms with van der Waals surface area (Å²) in [4.78, 5) is 11.3. The zero-order valence-electron chi connectivity index (χ0n) is 9.50. The molecule has 1 aromatic rings. The van der Waals surface area contributed by atoms with Gasteiger partial charge in [-0.1, -0.05) is 15.9 Å². The van der Waals surface area contributed by atoms with E-state index in [9.17, 15) is 4.79 Å². The lowest BCUT2D eigenvalue weighted by Gasteiger charge is -2.14. The number of rotatable bonds is 4. The van der Waals surface area contributed by atoms with Crippen LogP contribution in [-0.2, 0) is 0 Å². The number of hydrogen-bond donors (Lipinski definition) is 3. The third-order valence-corrected chi connectivity index (χ3v) is 3.48. The van der Waals surface area contributed by atoms with Gasteiger partial charge in [0.05, 0.1) is 5.56 Å². The van der Waals surface area contributed by atoms with Crippen LogP contribution in [0.2, 0.25) is 0 Å². The Morgan fingerprint density at radius 2 is 2.41 bits per heavy atom. The minimum absolute atomic E-state index is 0.399. The first kappa shape index (κ1) is 12.4. The number of primary amides is 1. The molecule has 92 valence electrons. The minimum atomic E-state index is -0.399. The Morgan fingerprint density at radius 1 is 1.59 bits per heavy atom. The average Bonchev–Trinajstić information content (AvgIpc) is 2.78. The van der Waals surface area contributed by atoms with E-state index in [1.807, 2.05) is 12.1 Å². The average molecular weight is 298 g/mol. The highest BCUT2D eigenvalue weighted by Gasteiger charge is 2.15. The predicted octanol–water partition coefficient (Wildman–Crippen LogP) is 1.57. The third-order valence-electron chi connectivity index (χ3n) is 2.99. The van der Waals surface area contributed by atoms with Gasteiger partial charge in [-0.25, -0.2) is 0 Å². The minimum Gasteiger partial charge on any atom is -0.384 e. The van der Waals surface area contributed by atoms with Gasteiger partial charge < -0.3 is 16.4 Å². The molecule has 1 unspecified atom stereocenters. The van der Waals surface area contributed by atoms with Crippen molar-refractivity contribution in [2.24, 2.45) is 11.7 Å². The number of halogens is 1. The molecular formula is C12H16BrN3O. The molecule has 1 aromatic carbocycles. The Kier molecular flexibility index (Phi) is 4.02. The van der Waals surface area contributed by atoms with E-state index in [0.717, 1.165) is 29.8 Å². The molecule has 4 N–H and O–H groups in total. The summed E-state index contributed by atoms with van der Waals surface area (Å²) in [5.74, 6) is 0.222. The van der Waals surface area contributed by atoms with Crippen molar-refractivity contribution < 1.29 is 4.79 Å². The van der Waals surface area contributed by atoms with Crippen molar-refractivity contribution in [1.82, 2.24) is 5.32 Å². The first-order valence-electron chi connectivity index (χ1n) is 5.71. The Bertz CT molecular complexity index is 416. The van der Waals surface area contributed by atoms with Gasteiger partial charge in [0.25, 0.3) is 5.91 Å². The molecule has 1 saturated heterocycles. The molecule has 1 amide bonds. The van der Waals surface area contributed by atoms with Gasteiger partial charge in [0, 0.05) is 16.7 Å². The number of nitrogens with one attached hydrogen (secondary N) is 2. The molecule has 0 aliphatic carbocycles. The van der Waals surface area contributed by atoms with Gasteiger partial charge in [-0.05, 0) is 43.6 Å². The van der Waals surface area contributed by atoms with Crippen molar-refractivity contribution in [3.05, 3.63) is 28.2 Å². The van der Waals surface area contributed by atoms with Crippen LogP contribution in [0.1, 0.15) is 16.8 Å². The molecule has 1 aliphatic heterocycles. The zero-order valence-corrected chi connectivity index (χ0v) is 11.1. The molecule has 5 heteroatoms. The molecule has 1 aliphatic rings. The largest absolute Gasteiger partial charge is 0.384 e. The van der Waals surface area contributed by atoms with E-state index in [1.54, 1.807) is 6.07 Å². The van der Waals surface area contributed by atoms with Gasteiger partial charge in [0.15, 0.2) is 0 Å². The van der Waals surface area contributed by atoms with Crippen LogP contribution in [0.3, 0.4) is 0 Å². The predicted molar refractivity (Wildman–Crippen MR) is 72.1 cm³/mol. The molecule has 1 fully saturated rings. The maximum atomic E-state index is 11.3. The van der Waals surface area contributed by atoms with Crippen LogP contribution in [0.4, 0.5) is 5.69 Å². The van der Waals surface area contributed by atoms with Crippen molar-refractivity contribution in [3.63, 3.8) is 0 Å². The molecule has 0 aromatic heterocycles. The van der Waals surface area contributed by atoms with Gasteiger partial charge >= 0.3 is 0 Å². The highest BCUT2D eigenvalue weighted by atomic mass is 79.9. The molecular weight excluding hydrogens is 282 g/mol. The molecule has 0 spiro atoms. The number of carbonyl (C=O) groups excluding carboxylic acids is 1. The van der Waals surface area contributed by atoms with E-state index in [0.29, 0.717) is 11.5 Å². The SMILES string of the molecule is NC(=O)c1ccc(Br)cc1NCC1CCNC1. The van der Waals surface area contributed by atoms with Gasteiger partial charge in [-0.3, -0.25) is 4.79 Å². The lowest BCUT2D eigenvalue weighted by Crippen LogP contribution is -2.20. The molecule has 2 rings (SSSR count). The number of hydrogen-bond acceptors (Lipinski definition) is 3. The Morgan fingerprint density at radius 3 is 3.06 bits per heavy atom. The van der Waals surface area contributed by atoms with E-state index in [4.69, 9.17) is 5.73 Å². The first-order valence-corrected chi connectivity index (χ1v) is 6.50. The van der Waals surface area contributed by atoms with Crippen molar-refractivity contribution >= 4 is 27.5 Å². The maximum absolute atomic E-state index is 11.3. The van der Waals surface area contributed by atoms with Crippen LogP contribution in [0, 0.1) is 5.92 Å². The van der Waals surface area contributed by atoms with Crippen LogP contribution in [0.5, 0.6) is 0 Å². The summed E-state index contributed by atoms with van der Waals surface area (Å²) in [7, 11) is 0. The number of amides is 1. The topological polar surface area (TPSA) is 67.2 Å². The number of nitrogens with two attached hydrogens (primary N) is 1. The summed E-state index contributed by atoms with van der Waals surface area (Å²) in [6, 6.07) is 5.45. The van der Waals surface area contributed by atoms with E-state index < -0.39 is 5.91 Å². The van der Waals surface area contributed by atoms with Crippen LogP contribution >= 0.6 is 15.9 Å². The van der Waals surface area contributed by atoms with E-state index in [2.05, 4.69) is 26.6 Å². The second-order valence-corrected chi connectivity index (χ2v) is 5.21. The Balaban J connectivity index is 2.07. The summed E-state index contributed by atoms with van der Waals surface area (Å²) in [6.07, 6.45) is 1.17. The summed E-state index contributed by atoms with van der Waals surface area (Å²) in [6.45, 7) is 2.98. The van der Waals surface area contributed by atoms with Crippen LogP contribution in [0.15, 0.2) is 22.7 Å². The number of anilines is 1. The third kappa shape index (κ3) is 3.20. The first-order chi connectivity index (χ1) is 8.16. The lowest BCUT2D eigenvalue weighted by atomic mass is 10.1. The Hall–Kier alpha value is -1.07. The summed E-state index contributed by atoms with van der Waals surface area (Å²) < 4.78 is 0.939. The van der Waals surface area contributed by atoms with Crippen molar-refractivity contribution in [3.8, 4) is 0 Å². The summed E-state index contributed by atoms with van der Waals surface area (Å²) in [5, 5.41) is 6.62. The monoisotopic (exact) mass is 297 g/mol. The van der Waals surface area contributed by atoms with Crippen LogP contribution < -0.4 is 16.4 Å². The van der Waals surface area contributed by atoms with Gasteiger partial charge in [-0.15, -0.1) is 0 Å². The normalized spacial score (nSPS) is 19.2. The van der Waals surface area contributed by atoms with E-state index in [-0.39, 0.29) is 0 Å². The molecule has 1 heterocycles. The fourth-order valence-electron chi connectivity index (χ4n) is 2.02. The molecule has 17 heavy (non-hydrogen) atoms. The molecule has 4 nitrogen and oxygen atoms in total. The van der Waals surface area contributed by atoms with Crippen molar-refractivity contribution in [1.29, 1.82) is 0 Å². The second-order valence-electron chi connectivity index (χ2n) is 4.29. The second kappa shape index (κ2) is 5.51. The van der Waals surface area contributed by atoms with Gasteiger partial charge in [0.2, 0.25) is 0 Å². The van der Waals surface area contributed by atoms with Gasteiger partial charge in [-0.2, -0.15) is 0 Å². The van der Waals surface area contributed by atoms with Crippen LogP contribution in [0.25, 0.3) is 0 Å². The number of benzene rings is 1. The smallest absolute Gasteiger partial charge is 0.250 e. The van der Waals surface area contributed by atoms with E-state index >= 15 is 0 Å². The highest BCUT2D eigenvalue weighted by Crippen LogP contribution is 2.22. The highest BCUT2D eigenvalue weighted by molar-refractivity contribution is 9.10. The van der Waals surface area contributed by atoms with Crippen molar-refractivity contribution in [2.75, 3.05) is 25.0 Å². The fraction of sp³-hybridized carbons (Fsp3) is 0.417. The molecule has 0 bridgehead atoms. The standard InChI is InChI=1S/C12H16BrN3O/c13-9-1-2-10(12(14)17)11(5-9)16-7-8-3-4-15-6-8/h1-2,5,8,15-16H,3-4,6-7H2,(H2,14,17). The Labute approximate surface area is 109 Å². The van der Waals surface area contributed by atoms with Gasteiger partial charge in [0.1, 0.15) is 0 Å². The molecule has 0 saturated carbocycles. The number of carbonyl (C=O) groups is 1. The molecule has 1 atom stereocenters.